The molecule has 0 saturated heterocycles. The fourth-order valence-corrected chi connectivity index (χ4v) is 3.92. The molecule has 0 saturated carbocycles. The molecular formula is C28H21ClFNO2. The largest absolute Gasteiger partial charge is 0.490 e. The van der Waals surface area contributed by atoms with Crippen molar-refractivity contribution in [2.45, 2.75) is 13.5 Å². The van der Waals surface area contributed by atoms with Gasteiger partial charge in [-0.1, -0.05) is 66.2 Å². The van der Waals surface area contributed by atoms with Gasteiger partial charge in [-0.2, -0.15) is 5.26 Å². The first-order valence-corrected chi connectivity index (χ1v) is 10.9. The Bertz CT molecular complexity index is 1370. The van der Waals surface area contributed by atoms with Gasteiger partial charge in [-0.25, -0.2) is 4.39 Å². The zero-order valence-corrected chi connectivity index (χ0v) is 18.8. The second-order valence-corrected chi connectivity index (χ2v) is 7.78. The molecule has 0 aliphatic carbocycles. The van der Waals surface area contributed by atoms with E-state index in [2.05, 4.69) is 24.3 Å². The Kier molecular flexibility index (Phi) is 6.92. The molecule has 0 radical (unpaired) electrons. The molecule has 0 aromatic heterocycles. The molecule has 33 heavy (non-hydrogen) atoms. The van der Waals surface area contributed by atoms with Crippen LogP contribution < -0.4 is 9.47 Å². The Labute approximate surface area is 197 Å². The normalized spacial score (nSPS) is 11.3. The van der Waals surface area contributed by atoms with Crippen molar-refractivity contribution in [3.05, 3.63) is 106 Å². The highest BCUT2D eigenvalue weighted by atomic mass is 35.5. The van der Waals surface area contributed by atoms with E-state index in [0.29, 0.717) is 46.4 Å². The summed E-state index contributed by atoms with van der Waals surface area (Å²) >= 11 is 6.58. The highest BCUT2D eigenvalue weighted by Crippen LogP contribution is 2.38. The van der Waals surface area contributed by atoms with Crippen LogP contribution in [0.4, 0.5) is 4.39 Å². The monoisotopic (exact) mass is 457 g/mol. The maximum atomic E-state index is 13.6. The molecule has 0 spiro atoms. The second kappa shape index (κ2) is 10.2. The Hall–Kier alpha value is -3.81. The number of ether oxygens (including phenoxy) is 2. The standard InChI is InChI=1S/C28H21ClFNO2/c1-2-32-27-15-19(13-23(17-31)21-9-6-11-24(30)16-21)14-26(29)28(27)33-18-22-10-5-8-20-7-3-4-12-25(20)22/h3-16H,2,18H2,1H3/b23-13-. The van der Waals surface area contributed by atoms with Gasteiger partial charge in [0, 0.05) is 0 Å². The van der Waals surface area contributed by atoms with Crippen LogP contribution in [-0.2, 0) is 6.61 Å². The number of benzene rings is 4. The first-order chi connectivity index (χ1) is 16.1. The van der Waals surface area contributed by atoms with Gasteiger partial charge in [0.1, 0.15) is 12.4 Å². The van der Waals surface area contributed by atoms with Gasteiger partial charge >= 0.3 is 0 Å². The minimum atomic E-state index is -0.404. The van der Waals surface area contributed by atoms with Crippen LogP contribution in [0, 0.1) is 17.1 Å². The van der Waals surface area contributed by atoms with Crippen LogP contribution in [0.5, 0.6) is 11.5 Å². The number of nitrogens with zero attached hydrogens (tertiary/aromatic N) is 1. The number of hydrogen-bond acceptors (Lipinski definition) is 3. The highest BCUT2D eigenvalue weighted by molar-refractivity contribution is 6.32. The van der Waals surface area contributed by atoms with E-state index in [4.69, 9.17) is 21.1 Å². The molecule has 4 aromatic carbocycles. The van der Waals surface area contributed by atoms with Crippen molar-refractivity contribution in [2.24, 2.45) is 0 Å². The summed E-state index contributed by atoms with van der Waals surface area (Å²) in [5, 5.41) is 12.2. The summed E-state index contributed by atoms with van der Waals surface area (Å²) in [6, 6.07) is 25.7. The van der Waals surface area contributed by atoms with E-state index >= 15 is 0 Å². The van der Waals surface area contributed by atoms with Gasteiger partial charge in [-0.05, 0) is 64.7 Å². The summed E-state index contributed by atoms with van der Waals surface area (Å²) in [7, 11) is 0. The Balaban J connectivity index is 1.66. The van der Waals surface area contributed by atoms with Gasteiger partial charge < -0.3 is 9.47 Å². The lowest BCUT2D eigenvalue weighted by molar-refractivity contribution is 0.270. The number of fused-ring (bicyclic) bond motifs is 1. The molecule has 0 heterocycles. The van der Waals surface area contributed by atoms with Crippen molar-refractivity contribution >= 4 is 34.0 Å². The van der Waals surface area contributed by atoms with Crippen LogP contribution in [-0.4, -0.2) is 6.61 Å². The van der Waals surface area contributed by atoms with Gasteiger partial charge in [-0.15, -0.1) is 0 Å². The molecule has 0 amide bonds. The number of allylic oxidation sites excluding steroid dienone is 1. The maximum absolute atomic E-state index is 13.6. The molecule has 5 heteroatoms. The van der Waals surface area contributed by atoms with Crippen LogP contribution in [0.1, 0.15) is 23.6 Å². The molecule has 0 atom stereocenters. The quantitative estimate of drug-likeness (QED) is 0.211. The van der Waals surface area contributed by atoms with Gasteiger partial charge in [0.25, 0.3) is 0 Å². The molecule has 164 valence electrons. The maximum Gasteiger partial charge on any atom is 0.180 e. The lowest BCUT2D eigenvalue weighted by Gasteiger charge is -2.15. The molecule has 0 bridgehead atoms. The molecule has 0 unspecified atom stereocenters. The smallest absolute Gasteiger partial charge is 0.180 e. The van der Waals surface area contributed by atoms with Crippen LogP contribution in [0.25, 0.3) is 22.4 Å². The lowest BCUT2D eigenvalue weighted by atomic mass is 10.0. The van der Waals surface area contributed by atoms with E-state index in [1.54, 1.807) is 30.3 Å². The second-order valence-electron chi connectivity index (χ2n) is 7.37. The number of nitriles is 1. The van der Waals surface area contributed by atoms with Gasteiger partial charge in [0.05, 0.1) is 23.3 Å². The first kappa shape index (κ1) is 22.4. The topological polar surface area (TPSA) is 42.2 Å². The van der Waals surface area contributed by atoms with E-state index < -0.39 is 5.82 Å². The number of hydrogen-bond donors (Lipinski definition) is 0. The third kappa shape index (κ3) is 5.16. The Morgan fingerprint density at radius 1 is 1.00 bits per heavy atom. The SMILES string of the molecule is CCOc1cc(/C=C(/C#N)c2cccc(F)c2)cc(Cl)c1OCc1cccc2ccccc12. The average molecular weight is 458 g/mol. The van der Waals surface area contributed by atoms with Crippen molar-refractivity contribution in [2.75, 3.05) is 6.61 Å². The highest BCUT2D eigenvalue weighted by Gasteiger charge is 2.14. The summed E-state index contributed by atoms with van der Waals surface area (Å²) in [6.45, 7) is 2.62. The number of rotatable bonds is 7. The van der Waals surface area contributed by atoms with E-state index in [9.17, 15) is 9.65 Å². The molecule has 4 rings (SSSR count). The van der Waals surface area contributed by atoms with E-state index in [-0.39, 0.29) is 0 Å². The molecule has 0 fully saturated rings. The van der Waals surface area contributed by atoms with Crippen molar-refractivity contribution in [3.8, 4) is 17.6 Å². The van der Waals surface area contributed by atoms with Crippen molar-refractivity contribution in [1.82, 2.24) is 0 Å². The van der Waals surface area contributed by atoms with E-state index in [1.165, 1.54) is 12.1 Å². The zero-order valence-electron chi connectivity index (χ0n) is 18.0. The Morgan fingerprint density at radius 2 is 1.79 bits per heavy atom. The predicted molar refractivity (Wildman–Crippen MR) is 131 cm³/mol. The van der Waals surface area contributed by atoms with Crippen LogP contribution >= 0.6 is 11.6 Å². The molecule has 0 N–H and O–H groups in total. The summed E-state index contributed by atoms with van der Waals surface area (Å²) in [5.41, 5.74) is 2.50. The number of halogens is 2. The van der Waals surface area contributed by atoms with Crippen molar-refractivity contribution < 1.29 is 13.9 Å². The third-order valence-electron chi connectivity index (χ3n) is 5.15. The van der Waals surface area contributed by atoms with Gasteiger partial charge in [-0.3, -0.25) is 0 Å². The van der Waals surface area contributed by atoms with Crippen molar-refractivity contribution in [3.63, 3.8) is 0 Å². The van der Waals surface area contributed by atoms with Crippen LogP contribution in [0.2, 0.25) is 5.02 Å². The zero-order chi connectivity index (χ0) is 23.2. The fraction of sp³-hybridized carbons (Fsp3) is 0.107. The van der Waals surface area contributed by atoms with E-state index in [0.717, 1.165) is 16.3 Å². The fourth-order valence-electron chi connectivity index (χ4n) is 3.65. The summed E-state index contributed by atoms with van der Waals surface area (Å²) < 4.78 is 25.5. The van der Waals surface area contributed by atoms with Crippen LogP contribution in [0.15, 0.2) is 78.9 Å². The summed E-state index contributed by atoms with van der Waals surface area (Å²) in [6.07, 6.45) is 1.65. The third-order valence-corrected chi connectivity index (χ3v) is 5.43. The Morgan fingerprint density at radius 3 is 2.58 bits per heavy atom. The minimum Gasteiger partial charge on any atom is -0.490 e. The van der Waals surface area contributed by atoms with E-state index in [1.807, 2.05) is 31.2 Å². The molecule has 3 nitrogen and oxygen atoms in total. The molecule has 4 aromatic rings. The molecular weight excluding hydrogens is 437 g/mol. The van der Waals surface area contributed by atoms with Gasteiger partial charge in [0.15, 0.2) is 11.5 Å². The average Bonchev–Trinajstić information content (AvgIpc) is 2.82. The predicted octanol–water partition coefficient (Wildman–Crippen LogP) is 7.67. The summed E-state index contributed by atoms with van der Waals surface area (Å²) in [5.74, 6) is 0.514. The van der Waals surface area contributed by atoms with Gasteiger partial charge in [0.2, 0.25) is 0 Å². The van der Waals surface area contributed by atoms with Crippen LogP contribution in [0.3, 0.4) is 0 Å². The van der Waals surface area contributed by atoms with Crippen molar-refractivity contribution in [1.29, 1.82) is 5.26 Å². The minimum absolute atomic E-state index is 0.317. The first-order valence-electron chi connectivity index (χ1n) is 10.5. The lowest BCUT2D eigenvalue weighted by Crippen LogP contribution is -2.01. The molecule has 0 aliphatic rings. The molecule has 0 aliphatic heterocycles. The summed E-state index contributed by atoms with van der Waals surface area (Å²) in [4.78, 5) is 0.